The lowest BCUT2D eigenvalue weighted by Gasteiger charge is -2.43. The second-order valence-electron chi connectivity index (χ2n) is 6.36. The van der Waals surface area contributed by atoms with E-state index < -0.39 is 47.8 Å². The lowest BCUT2D eigenvalue weighted by atomic mass is 10.00. The van der Waals surface area contributed by atoms with Crippen LogP contribution >= 0.6 is 11.8 Å². The Hall–Kier alpha value is -2.06. The Morgan fingerprint density at radius 2 is 1.33 bits per heavy atom. The molecule has 0 aliphatic carbocycles. The normalized spacial score (nSPS) is 27.5. The van der Waals surface area contributed by atoms with E-state index in [4.69, 9.17) is 18.9 Å². The van der Waals surface area contributed by atoms with E-state index in [2.05, 4.69) is 0 Å². The van der Waals surface area contributed by atoms with Crippen LogP contribution in [0.1, 0.15) is 33.3 Å². The molecule has 1 aromatic carbocycles. The fourth-order valence-corrected chi connectivity index (χ4v) is 3.95. The first-order valence-electron chi connectivity index (χ1n) is 8.58. The van der Waals surface area contributed by atoms with E-state index >= 15 is 0 Å². The summed E-state index contributed by atoms with van der Waals surface area (Å²) in [6, 6.07) is 7.77. The van der Waals surface area contributed by atoms with Crippen molar-refractivity contribution in [2.24, 2.45) is 0 Å². The van der Waals surface area contributed by atoms with Crippen molar-refractivity contribution in [3.05, 3.63) is 29.8 Å². The van der Waals surface area contributed by atoms with Crippen molar-refractivity contribution in [2.75, 3.05) is 0 Å². The van der Waals surface area contributed by atoms with Gasteiger partial charge >= 0.3 is 17.9 Å². The molecule has 0 aromatic heterocycles. The van der Waals surface area contributed by atoms with Crippen LogP contribution in [0.5, 0.6) is 0 Å². The number of carbonyl (C=O) groups excluding carboxylic acids is 3. The van der Waals surface area contributed by atoms with E-state index in [0.717, 1.165) is 10.5 Å². The fraction of sp³-hybridized carbons (Fsp3) is 0.526. The minimum absolute atomic E-state index is 0.543. The van der Waals surface area contributed by atoms with Gasteiger partial charge in [0, 0.05) is 25.7 Å². The van der Waals surface area contributed by atoms with Crippen LogP contribution in [0.25, 0.3) is 0 Å². The smallest absolute Gasteiger partial charge is 0.303 e. The SMILES string of the molecule is CC(=O)O[C@@H]1[C@H](OC(C)=O)[C@H](C)O[C@H](Sc2ccc(C)cc2)[C@H]1OC(C)=O. The third kappa shape index (κ3) is 5.97. The molecular weight excluding hydrogens is 372 g/mol. The summed E-state index contributed by atoms with van der Waals surface area (Å²) in [7, 11) is 0. The molecule has 1 saturated heterocycles. The van der Waals surface area contributed by atoms with Gasteiger partial charge in [0.15, 0.2) is 18.3 Å². The van der Waals surface area contributed by atoms with Crippen molar-refractivity contribution in [3.63, 3.8) is 0 Å². The van der Waals surface area contributed by atoms with Crippen LogP contribution in [-0.2, 0) is 33.3 Å². The molecule has 7 nitrogen and oxygen atoms in total. The van der Waals surface area contributed by atoms with Crippen LogP contribution in [0.4, 0.5) is 0 Å². The van der Waals surface area contributed by atoms with E-state index in [-0.39, 0.29) is 0 Å². The molecule has 0 amide bonds. The molecule has 2 rings (SSSR count). The Labute approximate surface area is 162 Å². The highest BCUT2D eigenvalue weighted by atomic mass is 32.2. The lowest BCUT2D eigenvalue weighted by molar-refractivity contribution is -0.229. The van der Waals surface area contributed by atoms with Crippen LogP contribution < -0.4 is 0 Å². The first-order valence-corrected chi connectivity index (χ1v) is 9.45. The Morgan fingerprint density at radius 3 is 1.85 bits per heavy atom. The van der Waals surface area contributed by atoms with Crippen LogP contribution in [0, 0.1) is 6.92 Å². The molecule has 148 valence electrons. The second-order valence-corrected chi connectivity index (χ2v) is 7.53. The van der Waals surface area contributed by atoms with Gasteiger partial charge in [-0.05, 0) is 26.0 Å². The molecule has 8 heteroatoms. The van der Waals surface area contributed by atoms with Gasteiger partial charge in [-0.25, -0.2) is 0 Å². The van der Waals surface area contributed by atoms with Gasteiger partial charge in [-0.2, -0.15) is 0 Å². The molecule has 1 fully saturated rings. The molecule has 5 atom stereocenters. The van der Waals surface area contributed by atoms with Crippen LogP contribution in [0.2, 0.25) is 0 Å². The van der Waals surface area contributed by atoms with E-state index in [1.807, 2.05) is 31.2 Å². The number of esters is 3. The number of carbonyl (C=O) groups is 3. The summed E-state index contributed by atoms with van der Waals surface area (Å²) >= 11 is 1.35. The molecule has 0 unspecified atom stereocenters. The van der Waals surface area contributed by atoms with Gasteiger partial charge in [0.2, 0.25) is 0 Å². The van der Waals surface area contributed by atoms with E-state index in [0.29, 0.717) is 0 Å². The summed E-state index contributed by atoms with van der Waals surface area (Å²) in [5, 5.41) is 0. The first-order chi connectivity index (χ1) is 12.7. The largest absolute Gasteiger partial charge is 0.456 e. The van der Waals surface area contributed by atoms with Crippen molar-refractivity contribution < 1.29 is 33.3 Å². The molecule has 0 N–H and O–H groups in total. The highest BCUT2D eigenvalue weighted by molar-refractivity contribution is 7.99. The van der Waals surface area contributed by atoms with Gasteiger partial charge in [0.05, 0.1) is 6.10 Å². The lowest BCUT2D eigenvalue weighted by Crippen LogP contribution is -2.59. The van der Waals surface area contributed by atoms with Gasteiger partial charge in [0.25, 0.3) is 0 Å². The van der Waals surface area contributed by atoms with Crippen molar-refractivity contribution in [1.82, 2.24) is 0 Å². The van der Waals surface area contributed by atoms with Crippen LogP contribution in [0.3, 0.4) is 0 Å². The number of aryl methyl sites for hydroxylation is 1. The zero-order valence-electron chi connectivity index (χ0n) is 16.0. The van der Waals surface area contributed by atoms with Gasteiger partial charge in [-0.1, -0.05) is 29.5 Å². The molecule has 0 bridgehead atoms. The number of hydrogen-bond donors (Lipinski definition) is 0. The number of rotatable bonds is 5. The predicted octanol–water partition coefficient (Wildman–Crippen LogP) is 2.63. The number of benzene rings is 1. The summed E-state index contributed by atoms with van der Waals surface area (Å²) in [6.07, 6.45) is -3.35. The maximum Gasteiger partial charge on any atom is 0.303 e. The van der Waals surface area contributed by atoms with Gasteiger partial charge in [-0.15, -0.1) is 0 Å². The number of thioether (sulfide) groups is 1. The average molecular weight is 396 g/mol. The van der Waals surface area contributed by atoms with Crippen molar-refractivity contribution in [2.45, 2.75) is 69.4 Å². The van der Waals surface area contributed by atoms with Gasteiger partial charge in [0.1, 0.15) is 5.44 Å². The molecule has 1 aliphatic heterocycles. The van der Waals surface area contributed by atoms with Gasteiger partial charge < -0.3 is 18.9 Å². The first kappa shape index (κ1) is 21.2. The zero-order chi connectivity index (χ0) is 20.1. The van der Waals surface area contributed by atoms with E-state index in [1.54, 1.807) is 6.92 Å². The third-order valence-electron chi connectivity index (χ3n) is 3.91. The average Bonchev–Trinajstić information content (AvgIpc) is 2.55. The van der Waals surface area contributed by atoms with Crippen LogP contribution in [-0.4, -0.2) is 47.8 Å². The standard InChI is InChI=1S/C19H24O7S/c1-10-6-8-15(9-7-10)27-19-18(26-14(5)22)17(25-13(4)21)16(11(2)23-19)24-12(3)20/h6-9,11,16-19H,1-5H3/t11-,16+,17+,18-,19+/m0/s1. The molecule has 1 aromatic rings. The number of hydrogen-bond acceptors (Lipinski definition) is 8. The Balaban J connectivity index is 2.33. The fourth-order valence-electron chi connectivity index (χ4n) is 2.82. The summed E-state index contributed by atoms with van der Waals surface area (Å²) in [5.41, 5.74) is 0.476. The summed E-state index contributed by atoms with van der Waals surface area (Å²) in [5.74, 6) is -1.66. The van der Waals surface area contributed by atoms with Crippen molar-refractivity contribution in [3.8, 4) is 0 Å². The molecule has 0 saturated carbocycles. The minimum Gasteiger partial charge on any atom is -0.456 e. The molecule has 27 heavy (non-hydrogen) atoms. The molecule has 1 aliphatic rings. The Morgan fingerprint density at radius 1 is 0.852 bits per heavy atom. The zero-order valence-corrected chi connectivity index (χ0v) is 16.8. The maximum absolute atomic E-state index is 11.7. The van der Waals surface area contributed by atoms with Crippen LogP contribution in [0.15, 0.2) is 29.2 Å². The minimum atomic E-state index is -0.970. The Kier molecular flexibility index (Phi) is 7.26. The summed E-state index contributed by atoms with van der Waals surface area (Å²) in [4.78, 5) is 35.7. The molecular formula is C19H24O7S. The maximum atomic E-state index is 11.7. The van der Waals surface area contributed by atoms with Crippen molar-refractivity contribution in [1.29, 1.82) is 0 Å². The second kappa shape index (κ2) is 9.23. The highest BCUT2D eigenvalue weighted by Crippen LogP contribution is 2.37. The quantitative estimate of drug-likeness (QED) is 0.554. The summed E-state index contributed by atoms with van der Waals surface area (Å²) < 4.78 is 22.1. The Bertz CT molecular complexity index is 688. The van der Waals surface area contributed by atoms with Gasteiger partial charge in [-0.3, -0.25) is 14.4 Å². The van der Waals surface area contributed by atoms with E-state index in [1.165, 1.54) is 32.5 Å². The third-order valence-corrected chi connectivity index (χ3v) is 5.06. The highest BCUT2D eigenvalue weighted by Gasteiger charge is 2.50. The van der Waals surface area contributed by atoms with Crippen molar-refractivity contribution >= 4 is 29.7 Å². The molecule has 1 heterocycles. The molecule has 0 spiro atoms. The monoisotopic (exact) mass is 396 g/mol. The topological polar surface area (TPSA) is 88.1 Å². The van der Waals surface area contributed by atoms with E-state index in [9.17, 15) is 14.4 Å². The summed E-state index contributed by atoms with van der Waals surface area (Å²) in [6.45, 7) is 7.47. The predicted molar refractivity (Wildman–Crippen MR) is 98.0 cm³/mol. The molecule has 0 radical (unpaired) electrons. The number of ether oxygens (including phenoxy) is 4.